The summed E-state index contributed by atoms with van der Waals surface area (Å²) in [7, 11) is 3.93. The number of pyridine rings is 2. The Bertz CT molecular complexity index is 1240. The molecule has 4 aromatic heterocycles. The number of carbonyl (C=O) groups is 1. The van der Waals surface area contributed by atoms with E-state index in [-0.39, 0.29) is 18.1 Å². The molecule has 5 rings (SSSR count). The number of hydrogen-bond acceptors (Lipinski definition) is 8. The lowest BCUT2D eigenvalue weighted by Crippen LogP contribution is -2.29. The maximum atomic E-state index is 12.8. The monoisotopic (exact) mass is 417 g/mol. The molecule has 0 unspecified atom stereocenters. The van der Waals surface area contributed by atoms with E-state index in [1.807, 2.05) is 25.4 Å². The number of Topliss-reactive ketones (excluding diaryl/α,β-unsaturated/α-hetero) is 1. The molecule has 0 amide bonds. The summed E-state index contributed by atoms with van der Waals surface area (Å²) in [6.07, 6.45) is 8.94. The first-order valence-electron chi connectivity index (χ1n) is 10.3. The zero-order chi connectivity index (χ0) is 21.4. The highest BCUT2D eigenvalue weighted by molar-refractivity contribution is 5.96. The first-order valence-corrected chi connectivity index (χ1v) is 10.3. The number of nitrogens with zero attached hydrogens (tertiary/aromatic N) is 7. The van der Waals surface area contributed by atoms with Crippen molar-refractivity contribution in [1.29, 1.82) is 0 Å². The maximum Gasteiger partial charge on any atom is 0.197 e. The summed E-state index contributed by atoms with van der Waals surface area (Å²) in [6.45, 7) is 2.03. The Kier molecular flexibility index (Phi) is 5.03. The van der Waals surface area contributed by atoms with Gasteiger partial charge in [0.25, 0.3) is 0 Å². The highest BCUT2D eigenvalue weighted by Crippen LogP contribution is 2.27. The topological polar surface area (TPSA) is 103 Å². The summed E-state index contributed by atoms with van der Waals surface area (Å²) in [5.41, 5.74) is 2.47. The Morgan fingerprint density at radius 3 is 2.68 bits per heavy atom. The van der Waals surface area contributed by atoms with Crippen LogP contribution in [0.15, 0.2) is 41.4 Å². The van der Waals surface area contributed by atoms with Gasteiger partial charge < -0.3 is 9.32 Å². The van der Waals surface area contributed by atoms with E-state index in [4.69, 9.17) is 4.42 Å². The number of hydrogen-bond donors (Lipinski definition) is 0. The van der Waals surface area contributed by atoms with Crippen molar-refractivity contribution >= 4 is 16.6 Å². The standard InChI is InChI=1S/C22H23N7O2/c1-28-5-3-14(4-6-28)22-25-20(13-31-22)21(30)9-17-7-15-8-18(19-12-29(2)27-26-19)24-11-16(15)10-23-17/h7-8,10-14H,3-6,9H2,1-2H3. The molecule has 31 heavy (non-hydrogen) atoms. The summed E-state index contributed by atoms with van der Waals surface area (Å²) in [4.78, 5) is 28.4. The third-order valence-electron chi connectivity index (χ3n) is 5.74. The lowest BCUT2D eigenvalue weighted by molar-refractivity contribution is 0.0987. The fraction of sp³-hybridized carbons (Fsp3) is 0.364. The van der Waals surface area contributed by atoms with Gasteiger partial charge in [0.15, 0.2) is 11.7 Å². The number of piperidine rings is 1. The summed E-state index contributed by atoms with van der Waals surface area (Å²) in [5.74, 6) is 0.851. The van der Waals surface area contributed by atoms with Gasteiger partial charge in [-0.05, 0) is 50.5 Å². The van der Waals surface area contributed by atoms with Gasteiger partial charge in [-0.3, -0.25) is 19.4 Å². The molecular formula is C22H23N7O2. The van der Waals surface area contributed by atoms with Crippen molar-refractivity contribution in [3.63, 3.8) is 0 Å². The summed E-state index contributed by atoms with van der Waals surface area (Å²) in [5, 5.41) is 9.91. The lowest BCUT2D eigenvalue weighted by Gasteiger charge is -2.26. The van der Waals surface area contributed by atoms with Gasteiger partial charge in [-0.1, -0.05) is 5.21 Å². The molecule has 0 aromatic carbocycles. The Labute approximate surface area is 179 Å². The van der Waals surface area contributed by atoms with Crippen LogP contribution < -0.4 is 0 Å². The number of rotatable bonds is 5. The van der Waals surface area contributed by atoms with Crippen LogP contribution in [0, 0.1) is 0 Å². The molecule has 9 heteroatoms. The fourth-order valence-corrected chi connectivity index (χ4v) is 3.90. The molecule has 158 valence electrons. The number of carbonyl (C=O) groups excluding carboxylic acids is 1. The Morgan fingerprint density at radius 1 is 1.10 bits per heavy atom. The summed E-state index contributed by atoms with van der Waals surface area (Å²) in [6, 6.07) is 3.84. The minimum Gasteiger partial charge on any atom is -0.448 e. The van der Waals surface area contributed by atoms with Gasteiger partial charge in [-0.25, -0.2) is 4.98 Å². The van der Waals surface area contributed by atoms with Crippen LogP contribution in [0.4, 0.5) is 0 Å². The normalized spacial score (nSPS) is 15.5. The summed E-state index contributed by atoms with van der Waals surface area (Å²) >= 11 is 0. The van der Waals surface area contributed by atoms with E-state index in [9.17, 15) is 4.79 Å². The van der Waals surface area contributed by atoms with Gasteiger partial charge in [-0.2, -0.15) is 0 Å². The van der Waals surface area contributed by atoms with Crippen molar-refractivity contribution in [2.75, 3.05) is 20.1 Å². The first kappa shape index (κ1) is 19.5. The number of likely N-dealkylation sites (tertiary alicyclic amines) is 1. The van der Waals surface area contributed by atoms with Gasteiger partial charge in [-0.15, -0.1) is 5.10 Å². The van der Waals surface area contributed by atoms with E-state index in [0.717, 1.165) is 42.4 Å². The predicted molar refractivity (Wildman–Crippen MR) is 114 cm³/mol. The largest absolute Gasteiger partial charge is 0.448 e. The van der Waals surface area contributed by atoms with Crippen LogP contribution in [0.3, 0.4) is 0 Å². The number of ketones is 1. The minimum absolute atomic E-state index is 0.0991. The second-order valence-corrected chi connectivity index (χ2v) is 8.12. The molecule has 0 N–H and O–H groups in total. The molecule has 5 heterocycles. The Hall–Kier alpha value is -3.46. The molecule has 4 aromatic rings. The molecule has 9 nitrogen and oxygen atoms in total. The van der Waals surface area contributed by atoms with Gasteiger partial charge in [0.1, 0.15) is 17.7 Å². The van der Waals surface area contributed by atoms with Crippen LogP contribution in [-0.2, 0) is 13.5 Å². The van der Waals surface area contributed by atoms with Crippen LogP contribution in [0.2, 0.25) is 0 Å². The van der Waals surface area contributed by atoms with Crippen LogP contribution in [0.25, 0.3) is 22.2 Å². The molecule has 1 aliphatic rings. The van der Waals surface area contributed by atoms with Crippen LogP contribution in [0.5, 0.6) is 0 Å². The zero-order valence-corrected chi connectivity index (χ0v) is 17.5. The zero-order valence-electron chi connectivity index (χ0n) is 17.5. The van der Waals surface area contributed by atoms with Crippen molar-refractivity contribution in [2.24, 2.45) is 7.05 Å². The average molecular weight is 417 g/mol. The fourth-order valence-electron chi connectivity index (χ4n) is 3.90. The third-order valence-corrected chi connectivity index (χ3v) is 5.74. The molecule has 0 saturated carbocycles. The van der Waals surface area contributed by atoms with E-state index in [1.165, 1.54) is 6.26 Å². The quantitative estimate of drug-likeness (QED) is 0.457. The third kappa shape index (κ3) is 4.09. The Morgan fingerprint density at radius 2 is 1.90 bits per heavy atom. The van der Waals surface area contributed by atoms with Crippen molar-refractivity contribution < 1.29 is 9.21 Å². The molecule has 0 aliphatic carbocycles. The second-order valence-electron chi connectivity index (χ2n) is 8.12. The molecule has 0 radical (unpaired) electrons. The summed E-state index contributed by atoms with van der Waals surface area (Å²) < 4.78 is 7.28. The second kappa shape index (κ2) is 7.99. The molecule has 0 bridgehead atoms. The number of oxazole rings is 1. The molecule has 1 aliphatic heterocycles. The highest BCUT2D eigenvalue weighted by atomic mass is 16.3. The molecular weight excluding hydrogens is 394 g/mol. The minimum atomic E-state index is -0.0991. The highest BCUT2D eigenvalue weighted by Gasteiger charge is 2.24. The number of aryl methyl sites for hydroxylation is 1. The van der Waals surface area contributed by atoms with Crippen molar-refractivity contribution in [3.8, 4) is 11.4 Å². The lowest BCUT2D eigenvalue weighted by atomic mass is 9.97. The van der Waals surface area contributed by atoms with Crippen molar-refractivity contribution in [1.82, 2.24) is 34.8 Å². The molecule has 1 saturated heterocycles. The van der Waals surface area contributed by atoms with Gasteiger partial charge in [0.2, 0.25) is 0 Å². The van der Waals surface area contributed by atoms with Gasteiger partial charge >= 0.3 is 0 Å². The van der Waals surface area contributed by atoms with Crippen molar-refractivity contribution in [2.45, 2.75) is 25.2 Å². The SMILES string of the molecule is CN1CCC(c2nc(C(=O)Cc3cc4cc(-c5cn(C)nn5)ncc4cn3)co2)CC1. The molecule has 0 atom stereocenters. The smallest absolute Gasteiger partial charge is 0.197 e. The predicted octanol–water partition coefficient (Wildman–Crippen LogP) is 2.65. The molecule has 1 fully saturated rings. The first-order chi connectivity index (χ1) is 15.0. The van der Waals surface area contributed by atoms with Crippen LogP contribution >= 0.6 is 0 Å². The van der Waals surface area contributed by atoms with Crippen LogP contribution in [0.1, 0.15) is 40.8 Å². The van der Waals surface area contributed by atoms with Gasteiger partial charge in [0, 0.05) is 36.4 Å². The van der Waals surface area contributed by atoms with E-state index >= 15 is 0 Å². The van der Waals surface area contributed by atoms with Crippen molar-refractivity contribution in [3.05, 3.63) is 54.3 Å². The van der Waals surface area contributed by atoms with E-state index < -0.39 is 0 Å². The maximum absolute atomic E-state index is 12.8. The average Bonchev–Trinajstić information content (AvgIpc) is 3.43. The van der Waals surface area contributed by atoms with E-state index in [2.05, 4.69) is 37.2 Å². The Balaban J connectivity index is 1.33. The van der Waals surface area contributed by atoms with Crippen LogP contribution in [-0.4, -0.2) is 60.8 Å². The van der Waals surface area contributed by atoms with Gasteiger partial charge in [0.05, 0.1) is 18.3 Å². The van der Waals surface area contributed by atoms with E-state index in [0.29, 0.717) is 23.0 Å². The number of aromatic nitrogens is 6. The molecule has 0 spiro atoms. The van der Waals surface area contributed by atoms with E-state index in [1.54, 1.807) is 17.1 Å². The number of fused-ring (bicyclic) bond motifs is 1.